The maximum atomic E-state index is 13.6. The van der Waals surface area contributed by atoms with Gasteiger partial charge in [-0.3, -0.25) is 9.69 Å². The Hall–Kier alpha value is -1.72. The number of hydrogen-bond donors (Lipinski definition) is 1. The number of rotatable bonds is 6. The Kier molecular flexibility index (Phi) is 5.99. The molecule has 130 valence electrons. The van der Waals surface area contributed by atoms with Crippen LogP contribution in [-0.2, 0) is 9.53 Å². The molecule has 1 heterocycles. The zero-order valence-electron chi connectivity index (χ0n) is 13.9. The second kappa shape index (κ2) is 8.40. The number of benzene rings is 1. The number of halogens is 1. The van der Waals surface area contributed by atoms with Gasteiger partial charge in [0.1, 0.15) is 5.82 Å². The molecule has 1 aromatic rings. The Morgan fingerprint density at radius 3 is 2.92 bits per heavy atom. The van der Waals surface area contributed by atoms with Gasteiger partial charge in [0.15, 0.2) is 0 Å². The molecule has 2 unspecified atom stereocenters. The van der Waals surface area contributed by atoms with Crippen LogP contribution in [0.25, 0.3) is 0 Å². The van der Waals surface area contributed by atoms with Crippen molar-refractivity contribution in [1.29, 1.82) is 0 Å². The van der Waals surface area contributed by atoms with Crippen LogP contribution in [0.5, 0.6) is 0 Å². The second-order valence-electron chi connectivity index (χ2n) is 6.49. The molecule has 24 heavy (non-hydrogen) atoms. The van der Waals surface area contributed by atoms with Crippen LogP contribution in [0.3, 0.4) is 0 Å². The lowest BCUT2D eigenvalue weighted by molar-refractivity contribution is -0.122. The van der Waals surface area contributed by atoms with E-state index in [1.807, 2.05) is 6.07 Å². The minimum absolute atomic E-state index is 0.0207. The first-order valence-electron chi connectivity index (χ1n) is 8.73. The van der Waals surface area contributed by atoms with Crippen LogP contribution in [0.15, 0.2) is 36.4 Å². The average molecular weight is 332 g/mol. The highest BCUT2D eigenvalue weighted by atomic mass is 19.1. The van der Waals surface area contributed by atoms with Gasteiger partial charge in [0.25, 0.3) is 0 Å². The molecule has 3 rings (SSSR count). The minimum Gasteiger partial charge on any atom is -0.379 e. The normalized spacial score (nSPS) is 22.5. The lowest BCUT2D eigenvalue weighted by Gasteiger charge is -2.35. The van der Waals surface area contributed by atoms with Gasteiger partial charge in [0.05, 0.1) is 19.3 Å². The minimum atomic E-state index is -0.242. The van der Waals surface area contributed by atoms with Crippen molar-refractivity contribution < 1.29 is 13.9 Å². The summed E-state index contributed by atoms with van der Waals surface area (Å²) < 4.78 is 19.0. The SMILES string of the molecule is O=C(CC1C=CCC1)NCC(c1cccc(F)c1)N1CCOCC1. The molecule has 2 aliphatic rings. The third kappa shape index (κ3) is 4.65. The van der Waals surface area contributed by atoms with Gasteiger partial charge < -0.3 is 10.1 Å². The van der Waals surface area contributed by atoms with Crippen molar-refractivity contribution in [3.8, 4) is 0 Å². The van der Waals surface area contributed by atoms with Crippen molar-refractivity contribution in [1.82, 2.24) is 10.2 Å². The van der Waals surface area contributed by atoms with E-state index in [4.69, 9.17) is 4.74 Å². The summed E-state index contributed by atoms with van der Waals surface area (Å²) in [5, 5.41) is 3.05. The summed E-state index contributed by atoms with van der Waals surface area (Å²) in [6, 6.07) is 6.64. The average Bonchev–Trinajstić information content (AvgIpc) is 3.09. The van der Waals surface area contributed by atoms with E-state index < -0.39 is 0 Å². The maximum absolute atomic E-state index is 13.6. The summed E-state index contributed by atoms with van der Waals surface area (Å²) >= 11 is 0. The molecule has 1 N–H and O–H groups in total. The zero-order chi connectivity index (χ0) is 16.8. The predicted octanol–water partition coefficient (Wildman–Crippen LogP) is 2.67. The molecule has 0 bridgehead atoms. The topological polar surface area (TPSA) is 41.6 Å². The Morgan fingerprint density at radius 2 is 2.21 bits per heavy atom. The number of ether oxygens (including phenoxy) is 1. The first-order chi connectivity index (χ1) is 11.7. The number of carbonyl (C=O) groups is 1. The van der Waals surface area contributed by atoms with Crippen LogP contribution in [0.4, 0.5) is 4.39 Å². The molecule has 1 aromatic carbocycles. The maximum Gasteiger partial charge on any atom is 0.220 e. The molecular weight excluding hydrogens is 307 g/mol. The highest BCUT2D eigenvalue weighted by molar-refractivity contribution is 5.76. The van der Waals surface area contributed by atoms with E-state index in [2.05, 4.69) is 22.4 Å². The molecule has 1 amide bonds. The van der Waals surface area contributed by atoms with Crippen LogP contribution in [0.2, 0.25) is 0 Å². The Balaban J connectivity index is 1.63. The molecule has 1 saturated heterocycles. The van der Waals surface area contributed by atoms with E-state index in [-0.39, 0.29) is 17.8 Å². The fraction of sp³-hybridized carbons (Fsp3) is 0.526. The number of nitrogens with one attached hydrogen (secondary N) is 1. The van der Waals surface area contributed by atoms with Crippen LogP contribution >= 0.6 is 0 Å². The summed E-state index contributed by atoms with van der Waals surface area (Å²) in [7, 11) is 0. The Labute approximate surface area is 142 Å². The third-order valence-electron chi connectivity index (χ3n) is 4.77. The number of morpholine rings is 1. The van der Waals surface area contributed by atoms with E-state index in [9.17, 15) is 9.18 Å². The summed E-state index contributed by atoms with van der Waals surface area (Å²) in [6.07, 6.45) is 6.93. The summed E-state index contributed by atoms with van der Waals surface area (Å²) in [6.45, 7) is 3.43. The zero-order valence-corrected chi connectivity index (χ0v) is 13.9. The van der Waals surface area contributed by atoms with E-state index in [0.717, 1.165) is 31.5 Å². The van der Waals surface area contributed by atoms with Crippen molar-refractivity contribution in [3.63, 3.8) is 0 Å². The standard InChI is InChI=1S/C19H25FN2O2/c20-17-7-3-6-16(13-17)18(22-8-10-24-11-9-22)14-21-19(23)12-15-4-1-2-5-15/h1,3-4,6-7,13,15,18H,2,5,8-12,14H2,(H,21,23). The van der Waals surface area contributed by atoms with E-state index in [1.165, 1.54) is 6.07 Å². The molecule has 1 fully saturated rings. The smallest absolute Gasteiger partial charge is 0.220 e. The first-order valence-corrected chi connectivity index (χ1v) is 8.73. The Bertz CT molecular complexity index is 584. The van der Waals surface area contributed by atoms with Gasteiger partial charge in [-0.05, 0) is 36.5 Å². The molecule has 0 saturated carbocycles. The van der Waals surface area contributed by atoms with Gasteiger partial charge >= 0.3 is 0 Å². The molecule has 2 atom stereocenters. The monoisotopic (exact) mass is 332 g/mol. The summed E-state index contributed by atoms with van der Waals surface area (Å²) in [5.74, 6) is 0.190. The van der Waals surface area contributed by atoms with Crippen molar-refractivity contribution in [2.45, 2.75) is 25.3 Å². The highest BCUT2D eigenvalue weighted by Crippen LogP contribution is 2.23. The van der Waals surface area contributed by atoms with Crippen LogP contribution in [0, 0.1) is 11.7 Å². The first kappa shape index (κ1) is 17.1. The van der Waals surface area contributed by atoms with E-state index in [1.54, 1.807) is 12.1 Å². The van der Waals surface area contributed by atoms with Crippen molar-refractivity contribution in [2.24, 2.45) is 5.92 Å². The van der Waals surface area contributed by atoms with E-state index >= 15 is 0 Å². The number of allylic oxidation sites excluding steroid dienone is 2. The lowest BCUT2D eigenvalue weighted by Crippen LogP contribution is -2.44. The van der Waals surface area contributed by atoms with Gasteiger partial charge in [-0.1, -0.05) is 24.3 Å². The Morgan fingerprint density at radius 1 is 1.38 bits per heavy atom. The fourth-order valence-corrected chi connectivity index (χ4v) is 3.45. The lowest BCUT2D eigenvalue weighted by atomic mass is 10.0. The van der Waals surface area contributed by atoms with Gasteiger partial charge in [-0.15, -0.1) is 0 Å². The van der Waals surface area contributed by atoms with Gasteiger partial charge in [-0.2, -0.15) is 0 Å². The number of amides is 1. The van der Waals surface area contributed by atoms with Gasteiger partial charge in [0, 0.05) is 26.1 Å². The largest absolute Gasteiger partial charge is 0.379 e. The molecule has 0 aromatic heterocycles. The van der Waals surface area contributed by atoms with Crippen molar-refractivity contribution in [2.75, 3.05) is 32.8 Å². The molecule has 0 spiro atoms. The number of carbonyl (C=O) groups excluding carboxylic acids is 1. The van der Waals surface area contributed by atoms with Crippen LogP contribution in [-0.4, -0.2) is 43.7 Å². The van der Waals surface area contributed by atoms with Crippen LogP contribution in [0.1, 0.15) is 30.9 Å². The summed E-state index contributed by atoms with van der Waals surface area (Å²) in [4.78, 5) is 14.5. The van der Waals surface area contributed by atoms with Crippen LogP contribution < -0.4 is 5.32 Å². The summed E-state index contributed by atoms with van der Waals surface area (Å²) in [5.41, 5.74) is 0.901. The fourth-order valence-electron chi connectivity index (χ4n) is 3.45. The van der Waals surface area contributed by atoms with Gasteiger partial charge in [0.2, 0.25) is 5.91 Å². The number of hydrogen-bond acceptors (Lipinski definition) is 3. The molecule has 5 heteroatoms. The quantitative estimate of drug-likeness (QED) is 0.815. The second-order valence-corrected chi connectivity index (χ2v) is 6.49. The predicted molar refractivity (Wildman–Crippen MR) is 91.0 cm³/mol. The third-order valence-corrected chi connectivity index (χ3v) is 4.77. The molecule has 0 radical (unpaired) electrons. The van der Waals surface area contributed by atoms with Crippen molar-refractivity contribution in [3.05, 3.63) is 47.8 Å². The molecule has 1 aliphatic heterocycles. The molecule has 1 aliphatic carbocycles. The van der Waals surface area contributed by atoms with Gasteiger partial charge in [-0.25, -0.2) is 4.39 Å². The number of nitrogens with zero attached hydrogens (tertiary/aromatic N) is 1. The van der Waals surface area contributed by atoms with Crippen molar-refractivity contribution >= 4 is 5.91 Å². The highest BCUT2D eigenvalue weighted by Gasteiger charge is 2.24. The van der Waals surface area contributed by atoms with E-state index in [0.29, 0.717) is 32.1 Å². The molecular formula is C19H25FN2O2. The molecule has 4 nitrogen and oxygen atoms in total.